The van der Waals surface area contributed by atoms with Crippen molar-refractivity contribution in [3.8, 4) is 0 Å². The number of rotatable bonds is 4. The molecule has 2 atom stereocenters. The largest absolute Gasteiger partial charge is 0.443 e. The predicted octanol–water partition coefficient (Wildman–Crippen LogP) is 2.07. The van der Waals surface area contributed by atoms with Crippen molar-refractivity contribution in [2.45, 2.75) is 18.6 Å². The van der Waals surface area contributed by atoms with Crippen LogP contribution < -0.4 is 5.32 Å². The van der Waals surface area contributed by atoms with Crippen LogP contribution in [0.1, 0.15) is 5.56 Å². The lowest BCUT2D eigenvalue weighted by Gasteiger charge is -2.15. The van der Waals surface area contributed by atoms with Crippen LogP contribution in [0.15, 0.2) is 30.3 Å². The molecule has 1 aromatic rings. The van der Waals surface area contributed by atoms with Crippen LogP contribution in [0.4, 0.5) is 4.79 Å². The number of carbonyl (C=O) groups excluding carboxylic acids is 1. The van der Waals surface area contributed by atoms with Crippen LogP contribution in [0.2, 0.25) is 0 Å². The molecular formula is C12H15NO2S. The summed E-state index contributed by atoms with van der Waals surface area (Å²) in [6.45, 7) is 0. The first-order valence-corrected chi connectivity index (χ1v) is 6.69. The van der Waals surface area contributed by atoms with Gasteiger partial charge in [-0.3, -0.25) is 0 Å². The molecule has 0 spiro atoms. The molecule has 0 aromatic heterocycles. The summed E-state index contributed by atoms with van der Waals surface area (Å²) in [5.41, 5.74) is 1.23. The Morgan fingerprint density at radius 3 is 2.81 bits per heavy atom. The van der Waals surface area contributed by atoms with Crippen LogP contribution in [0.5, 0.6) is 0 Å². The van der Waals surface area contributed by atoms with Gasteiger partial charge in [0.1, 0.15) is 6.10 Å². The Hall–Kier alpha value is -1.16. The number of benzene rings is 1. The van der Waals surface area contributed by atoms with Gasteiger partial charge in [-0.1, -0.05) is 30.3 Å². The molecule has 0 unspecified atom stereocenters. The minimum absolute atomic E-state index is 0.0114. The average Bonchev–Trinajstić information content (AvgIpc) is 2.61. The van der Waals surface area contributed by atoms with Crippen LogP contribution in [0, 0.1) is 0 Å². The summed E-state index contributed by atoms with van der Waals surface area (Å²) in [5, 5.41) is 2.86. The van der Waals surface area contributed by atoms with Gasteiger partial charge in [-0.2, -0.15) is 11.8 Å². The highest BCUT2D eigenvalue weighted by Gasteiger charge is 2.33. The van der Waals surface area contributed by atoms with E-state index in [9.17, 15) is 4.79 Å². The summed E-state index contributed by atoms with van der Waals surface area (Å²) >= 11 is 1.70. The van der Waals surface area contributed by atoms with E-state index in [1.165, 1.54) is 5.56 Å². The van der Waals surface area contributed by atoms with Crippen molar-refractivity contribution in [2.24, 2.45) is 0 Å². The molecule has 1 aliphatic heterocycles. The van der Waals surface area contributed by atoms with Gasteiger partial charge < -0.3 is 10.1 Å². The fourth-order valence-electron chi connectivity index (χ4n) is 1.86. The SMILES string of the molecule is CSC[C@@H]1OC(=O)N[C@H]1Cc1ccccc1. The smallest absolute Gasteiger partial charge is 0.407 e. The van der Waals surface area contributed by atoms with Gasteiger partial charge in [0.15, 0.2) is 0 Å². The number of hydrogen-bond donors (Lipinski definition) is 1. The first-order valence-electron chi connectivity index (χ1n) is 5.29. The zero-order valence-electron chi connectivity index (χ0n) is 9.18. The molecule has 1 aliphatic rings. The number of thioether (sulfide) groups is 1. The van der Waals surface area contributed by atoms with E-state index in [1.54, 1.807) is 11.8 Å². The van der Waals surface area contributed by atoms with Crippen molar-refractivity contribution < 1.29 is 9.53 Å². The molecule has 1 aromatic carbocycles. The molecule has 0 radical (unpaired) electrons. The number of carbonyl (C=O) groups is 1. The average molecular weight is 237 g/mol. The van der Waals surface area contributed by atoms with Crippen molar-refractivity contribution in [3.63, 3.8) is 0 Å². The van der Waals surface area contributed by atoms with Gasteiger partial charge >= 0.3 is 6.09 Å². The van der Waals surface area contributed by atoms with Crippen molar-refractivity contribution >= 4 is 17.9 Å². The molecule has 1 amide bonds. The minimum Gasteiger partial charge on any atom is -0.443 e. The maximum atomic E-state index is 11.2. The quantitative estimate of drug-likeness (QED) is 0.871. The summed E-state index contributed by atoms with van der Waals surface area (Å²) in [5.74, 6) is 0.843. The monoisotopic (exact) mass is 237 g/mol. The molecule has 2 rings (SSSR count). The normalized spacial score (nSPS) is 23.9. The molecular weight excluding hydrogens is 222 g/mol. The maximum absolute atomic E-state index is 11.2. The first kappa shape index (κ1) is 11.3. The topological polar surface area (TPSA) is 38.3 Å². The van der Waals surface area contributed by atoms with Gasteiger partial charge in [0.05, 0.1) is 6.04 Å². The Balaban J connectivity index is 2.00. The number of amides is 1. The number of nitrogens with one attached hydrogen (secondary N) is 1. The lowest BCUT2D eigenvalue weighted by Crippen LogP contribution is -2.34. The first-order chi connectivity index (χ1) is 7.79. The molecule has 4 heteroatoms. The Morgan fingerprint density at radius 1 is 1.38 bits per heavy atom. The second-order valence-corrected chi connectivity index (χ2v) is 4.75. The van der Waals surface area contributed by atoms with Gasteiger partial charge in [-0.05, 0) is 18.2 Å². The molecule has 0 aliphatic carbocycles. The van der Waals surface area contributed by atoms with Crippen LogP contribution in [0.25, 0.3) is 0 Å². The van der Waals surface area contributed by atoms with E-state index in [2.05, 4.69) is 17.4 Å². The Kier molecular flexibility index (Phi) is 3.72. The number of alkyl carbamates (subject to hydrolysis) is 1. The summed E-state index contributed by atoms with van der Waals surface area (Å²) in [7, 11) is 0. The molecule has 1 N–H and O–H groups in total. The zero-order chi connectivity index (χ0) is 11.4. The van der Waals surface area contributed by atoms with E-state index < -0.39 is 0 Å². The van der Waals surface area contributed by atoms with E-state index in [0.717, 1.165) is 12.2 Å². The van der Waals surface area contributed by atoms with Gasteiger partial charge in [0, 0.05) is 5.75 Å². The molecule has 0 bridgehead atoms. The van der Waals surface area contributed by atoms with Gasteiger partial charge in [-0.25, -0.2) is 4.79 Å². The molecule has 16 heavy (non-hydrogen) atoms. The minimum atomic E-state index is -0.292. The third-order valence-electron chi connectivity index (χ3n) is 2.64. The lowest BCUT2D eigenvalue weighted by molar-refractivity contribution is 0.143. The number of hydrogen-bond acceptors (Lipinski definition) is 3. The third kappa shape index (κ3) is 2.70. The summed E-state index contributed by atoms with van der Waals surface area (Å²) in [4.78, 5) is 11.2. The van der Waals surface area contributed by atoms with E-state index >= 15 is 0 Å². The molecule has 1 fully saturated rings. The number of ether oxygens (including phenoxy) is 1. The van der Waals surface area contributed by atoms with E-state index in [-0.39, 0.29) is 18.2 Å². The van der Waals surface area contributed by atoms with Crippen molar-refractivity contribution in [2.75, 3.05) is 12.0 Å². The standard InChI is InChI=1S/C12H15NO2S/c1-16-8-11-10(13-12(14)15-11)7-9-5-3-2-4-6-9/h2-6,10-11H,7-8H2,1H3,(H,13,14)/t10-,11-/m0/s1. The summed E-state index contributed by atoms with van der Waals surface area (Å²) in [6, 6.07) is 10.3. The molecule has 1 saturated heterocycles. The Bertz CT molecular complexity index is 355. The van der Waals surface area contributed by atoms with Crippen LogP contribution in [-0.4, -0.2) is 30.2 Å². The highest BCUT2D eigenvalue weighted by molar-refractivity contribution is 7.98. The lowest BCUT2D eigenvalue weighted by atomic mass is 10.0. The number of cyclic esters (lactones) is 1. The van der Waals surface area contributed by atoms with Crippen molar-refractivity contribution in [3.05, 3.63) is 35.9 Å². The maximum Gasteiger partial charge on any atom is 0.407 e. The third-order valence-corrected chi connectivity index (χ3v) is 3.30. The van der Waals surface area contributed by atoms with Crippen LogP contribution >= 0.6 is 11.8 Å². The molecule has 3 nitrogen and oxygen atoms in total. The van der Waals surface area contributed by atoms with Gasteiger partial charge in [0.2, 0.25) is 0 Å². The van der Waals surface area contributed by atoms with Crippen molar-refractivity contribution in [1.29, 1.82) is 0 Å². The van der Waals surface area contributed by atoms with E-state index in [0.29, 0.717) is 0 Å². The van der Waals surface area contributed by atoms with Crippen LogP contribution in [-0.2, 0) is 11.2 Å². The van der Waals surface area contributed by atoms with Crippen LogP contribution in [0.3, 0.4) is 0 Å². The molecule has 1 heterocycles. The predicted molar refractivity (Wildman–Crippen MR) is 65.7 cm³/mol. The second-order valence-electron chi connectivity index (χ2n) is 3.84. The Morgan fingerprint density at radius 2 is 2.12 bits per heavy atom. The molecule has 86 valence electrons. The second kappa shape index (κ2) is 5.25. The van der Waals surface area contributed by atoms with E-state index in [4.69, 9.17) is 4.74 Å². The summed E-state index contributed by atoms with van der Waals surface area (Å²) in [6.07, 6.45) is 2.55. The highest BCUT2D eigenvalue weighted by atomic mass is 32.2. The van der Waals surface area contributed by atoms with Gasteiger partial charge in [0.25, 0.3) is 0 Å². The summed E-state index contributed by atoms with van der Waals surface area (Å²) < 4.78 is 5.22. The van der Waals surface area contributed by atoms with E-state index in [1.807, 2.05) is 24.5 Å². The zero-order valence-corrected chi connectivity index (χ0v) is 10.00. The fourth-order valence-corrected chi connectivity index (χ4v) is 2.49. The van der Waals surface area contributed by atoms with Crippen molar-refractivity contribution in [1.82, 2.24) is 5.32 Å². The molecule has 0 saturated carbocycles. The highest BCUT2D eigenvalue weighted by Crippen LogP contribution is 2.17. The Labute approximate surface area is 99.6 Å². The fraction of sp³-hybridized carbons (Fsp3) is 0.417. The van der Waals surface area contributed by atoms with Gasteiger partial charge in [-0.15, -0.1) is 0 Å².